The minimum atomic E-state index is 0.114. The maximum absolute atomic E-state index is 6.24. The van der Waals surface area contributed by atoms with Crippen LogP contribution in [0.15, 0.2) is 26.3 Å². The van der Waals surface area contributed by atoms with Crippen molar-refractivity contribution in [3.05, 3.63) is 31.2 Å². The summed E-state index contributed by atoms with van der Waals surface area (Å²) in [6.07, 6.45) is 1.50. The second kappa shape index (κ2) is 10.5. The molecule has 4 nitrogen and oxygen atoms in total. The van der Waals surface area contributed by atoms with E-state index < -0.39 is 0 Å². The van der Waals surface area contributed by atoms with Gasteiger partial charge in [-0.1, -0.05) is 51.6 Å². The van der Waals surface area contributed by atoms with Crippen LogP contribution < -0.4 is 9.47 Å². The van der Waals surface area contributed by atoms with E-state index in [9.17, 15) is 0 Å². The van der Waals surface area contributed by atoms with Crippen LogP contribution in [0.4, 0.5) is 0 Å². The Kier molecular flexibility index (Phi) is 9.47. The quantitative estimate of drug-likeness (QED) is 0.197. The topological polar surface area (TPSA) is 40.0 Å². The zero-order chi connectivity index (χ0) is 17.4. The highest BCUT2D eigenvalue weighted by atomic mass is 79.9. The van der Waals surface area contributed by atoms with Crippen molar-refractivity contribution in [2.24, 2.45) is 5.16 Å². The lowest BCUT2D eigenvalue weighted by atomic mass is 10.3. The predicted molar refractivity (Wildman–Crippen MR) is 99.7 cm³/mol. The Labute approximate surface area is 163 Å². The fourth-order valence-electron chi connectivity index (χ4n) is 1.34. The van der Waals surface area contributed by atoms with Crippen LogP contribution in [0, 0.1) is 0 Å². The van der Waals surface area contributed by atoms with Crippen molar-refractivity contribution in [1.82, 2.24) is 0 Å². The molecular formula is C14H14BrCl4NO3. The Hall–Kier alpha value is -0.330. The number of halogens is 5. The molecule has 0 saturated heterocycles. The smallest absolute Gasteiger partial charge is 0.158 e. The summed E-state index contributed by atoms with van der Waals surface area (Å²) in [5.74, 6) is 0.778. The standard InChI is InChI=1S/C14H14BrCl4NO3/c1-8(2)20-23-6-5-22-14-9(16)7-10(12(15)13(14)19)21-4-3-11(17)18/h3,7H,4-6H2,1-2H3. The Morgan fingerprint density at radius 1 is 1.22 bits per heavy atom. The highest BCUT2D eigenvalue weighted by Gasteiger charge is 2.16. The van der Waals surface area contributed by atoms with Gasteiger partial charge in [0, 0.05) is 6.07 Å². The van der Waals surface area contributed by atoms with Crippen molar-refractivity contribution in [3.8, 4) is 11.5 Å². The Bertz CT molecular complexity index is 600. The van der Waals surface area contributed by atoms with Crippen molar-refractivity contribution >= 4 is 68.0 Å². The molecule has 0 heterocycles. The van der Waals surface area contributed by atoms with Gasteiger partial charge in [0.2, 0.25) is 0 Å². The molecule has 0 aliphatic heterocycles. The third-order valence-electron chi connectivity index (χ3n) is 2.23. The highest BCUT2D eigenvalue weighted by molar-refractivity contribution is 9.10. The normalized spacial score (nSPS) is 10.0. The summed E-state index contributed by atoms with van der Waals surface area (Å²) in [4.78, 5) is 5.03. The molecule has 23 heavy (non-hydrogen) atoms. The molecule has 0 bridgehead atoms. The van der Waals surface area contributed by atoms with E-state index in [1.165, 1.54) is 6.08 Å². The fraction of sp³-hybridized carbons (Fsp3) is 0.357. The molecule has 0 unspecified atom stereocenters. The maximum Gasteiger partial charge on any atom is 0.158 e. The molecule has 1 aromatic carbocycles. The summed E-state index contributed by atoms with van der Waals surface area (Å²) in [6, 6.07) is 1.58. The highest BCUT2D eigenvalue weighted by Crippen LogP contribution is 2.44. The number of ether oxygens (including phenoxy) is 2. The first kappa shape index (κ1) is 20.7. The molecule has 1 aromatic rings. The number of hydrogen-bond donors (Lipinski definition) is 0. The van der Waals surface area contributed by atoms with Gasteiger partial charge >= 0.3 is 0 Å². The number of benzene rings is 1. The van der Waals surface area contributed by atoms with Gasteiger partial charge in [-0.25, -0.2) is 0 Å². The molecular weight excluding hydrogens is 452 g/mol. The van der Waals surface area contributed by atoms with Crippen LogP contribution >= 0.6 is 62.3 Å². The van der Waals surface area contributed by atoms with E-state index in [2.05, 4.69) is 21.1 Å². The van der Waals surface area contributed by atoms with Gasteiger partial charge in [0.25, 0.3) is 0 Å². The van der Waals surface area contributed by atoms with Gasteiger partial charge in [0.1, 0.15) is 28.5 Å². The number of rotatable bonds is 8. The molecule has 0 aliphatic rings. The molecule has 0 radical (unpaired) electrons. The van der Waals surface area contributed by atoms with Gasteiger partial charge in [-0.3, -0.25) is 0 Å². The fourth-order valence-corrected chi connectivity index (χ4v) is 2.43. The molecule has 0 fully saturated rings. The third kappa shape index (κ3) is 7.40. The maximum atomic E-state index is 6.24. The van der Waals surface area contributed by atoms with Crippen LogP contribution in [0.3, 0.4) is 0 Å². The second-order valence-electron chi connectivity index (χ2n) is 4.34. The van der Waals surface area contributed by atoms with Gasteiger partial charge < -0.3 is 14.3 Å². The van der Waals surface area contributed by atoms with Crippen molar-refractivity contribution < 1.29 is 14.3 Å². The van der Waals surface area contributed by atoms with Crippen molar-refractivity contribution in [2.75, 3.05) is 19.8 Å². The van der Waals surface area contributed by atoms with E-state index in [0.29, 0.717) is 26.0 Å². The van der Waals surface area contributed by atoms with Gasteiger partial charge in [-0.2, -0.15) is 0 Å². The molecule has 0 aromatic heterocycles. The number of oxime groups is 1. The molecule has 1 rings (SSSR count). The van der Waals surface area contributed by atoms with E-state index >= 15 is 0 Å². The summed E-state index contributed by atoms with van der Waals surface area (Å²) in [5.41, 5.74) is 0.816. The minimum Gasteiger partial charge on any atom is -0.488 e. The summed E-state index contributed by atoms with van der Waals surface area (Å²) in [7, 11) is 0. The van der Waals surface area contributed by atoms with E-state index in [0.717, 1.165) is 5.71 Å². The third-order valence-corrected chi connectivity index (χ3v) is 4.19. The Morgan fingerprint density at radius 3 is 2.52 bits per heavy atom. The molecule has 128 valence electrons. The summed E-state index contributed by atoms with van der Waals surface area (Å²) in [5, 5.41) is 4.40. The van der Waals surface area contributed by atoms with Gasteiger partial charge in [-0.05, 0) is 35.9 Å². The largest absolute Gasteiger partial charge is 0.488 e. The second-order valence-corrected chi connectivity index (χ2v) is 6.92. The zero-order valence-corrected chi connectivity index (χ0v) is 16.9. The molecule has 0 atom stereocenters. The van der Waals surface area contributed by atoms with E-state index in [4.69, 9.17) is 60.7 Å². The predicted octanol–water partition coefficient (Wildman–Crippen LogP) is 6.24. The molecule has 0 spiro atoms. The van der Waals surface area contributed by atoms with E-state index in [1.807, 2.05) is 13.8 Å². The summed E-state index contributed by atoms with van der Waals surface area (Å²) < 4.78 is 11.6. The lowest BCUT2D eigenvalue weighted by molar-refractivity contribution is 0.107. The first-order valence-electron chi connectivity index (χ1n) is 6.40. The zero-order valence-electron chi connectivity index (χ0n) is 12.3. The monoisotopic (exact) mass is 463 g/mol. The molecule has 9 heteroatoms. The number of hydrogen-bond acceptors (Lipinski definition) is 4. The van der Waals surface area contributed by atoms with Gasteiger partial charge in [0.05, 0.1) is 15.2 Å². The van der Waals surface area contributed by atoms with Crippen LogP contribution in [0.2, 0.25) is 10.0 Å². The van der Waals surface area contributed by atoms with E-state index in [1.54, 1.807) is 6.07 Å². The van der Waals surface area contributed by atoms with Crippen LogP contribution in [-0.4, -0.2) is 25.5 Å². The van der Waals surface area contributed by atoms with Crippen LogP contribution in [0.1, 0.15) is 13.8 Å². The number of nitrogens with zero attached hydrogens (tertiary/aromatic N) is 1. The SMILES string of the molecule is CC(C)=NOCCOc1c(Cl)cc(OCC=C(Cl)Cl)c(Br)c1Cl. The first-order chi connectivity index (χ1) is 10.8. The average molecular weight is 466 g/mol. The van der Waals surface area contributed by atoms with Crippen LogP contribution in [0.25, 0.3) is 0 Å². The molecule has 0 saturated carbocycles. The van der Waals surface area contributed by atoms with Crippen molar-refractivity contribution in [1.29, 1.82) is 0 Å². The summed E-state index contributed by atoms with van der Waals surface area (Å²) in [6.45, 7) is 4.35. The molecule has 0 aliphatic carbocycles. The van der Waals surface area contributed by atoms with Crippen molar-refractivity contribution in [2.45, 2.75) is 13.8 Å². The van der Waals surface area contributed by atoms with E-state index in [-0.39, 0.29) is 24.3 Å². The van der Waals surface area contributed by atoms with Crippen LogP contribution in [0.5, 0.6) is 11.5 Å². The lowest BCUT2D eigenvalue weighted by Crippen LogP contribution is -2.06. The first-order valence-corrected chi connectivity index (χ1v) is 8.70. The lowest BCUT2D eigenvalue weighted by Gasteiger charge is -2.14. The van der Waals surface area contributed by atoms with Crippen LogP contribution in [-0.2, 0) is 4.84 Å². The Balaban J connectivity index is 2.73. The van der Waals surface area contributed by atoms with Gasteiger partial charge in [0.15, 0.2) is 12.4 Å². The van der Waals surface area contributed by atoms with Gasteiger partial charge in [-0.15, -0.1) is 0 Å². The molecule has 0 N–H and O–H groups in total. The summed E-state index contributed by atoms with van der Waals surface area (Å²) >= 11 is 26.8. The Morgan fingerprint density at radius 2 is 1.91 bits per heavy atom. The van der Waals surface area contributed by atoms with Crippen molar-refractivity contribution in [3.63, 3.8) is 0 Å². The molecule has 0 amide bonds. The average Bonchev–Trinajstić information content (AvgIpc) is 2.46. The minimum absolute atomic E-state index is 0.114.